The van der Waals surface area contributed by atoms with E-state index in [0.29, 0.717) is 26.1 Å². The topological polar surface area (TPSA) is 56.5 Å². The molecule has 0 spiro atoms. The van der Waals surface area contributed by atoms with Crippen LogP contribution in [-0.4, -0.2) is 25.9 Å². The molecule has 1 saturated heterocycles. The van der Waals surface area contributed by atoms with Crippen molar-refractivity contribution in [1.82, 2.24) is 5.43 Å². The zero-order valence-corrected chi connectivity index (χ0v) is 11.7. The standard InChI is InChI=1S/C14H20F2N2O2/c1-9-3-4-10(12(16)11(9)15)13(18-17)14(19-2)5-7-20-8-6-14/h3-4,13,18H,5-8,17H2,1-2H3. The number of aryl methyl sites for hydroxylation is 1. The molecule has 2 rings (SSSR count). The van der Waals surface area contributed by atoms with Gasteiger partial charge >= 0.3 is 0 Å². The molecule has 20 heavy (non-hydrogen) atoms. The summed E-state index contributed by atoms with van der Waals surface area (Å²) >= 11 is 0. The summed E-state index contributed by atoms with van der Waals surface area (Å²) in [7, 11) is 1.55. The van der Waals surface area contributed by atoms with Gasteiger partial charge in [-0.05, 0) is 12.5 Å². The molecule has 0 amide bonds. The first-order chi connectivity index (χ1) is 9.55. The molecule has 3 N–H and O–H groups in total. The number of hydrogen-bond acceptors (Lipinski definition) is 4. The monoisotopic (exact) mass is 286 g/mol. The number of ether oxygens (including phenoxy) is 2. The van der Waals surface area contributed by atoms with E-state index < -0.39 is 23.3 Å². The van der Waals surface area contributed by atoms with Crippen molar-refractivity contribution in [3.8, 4) is 0 Å². The van der Waals surface area contributed by atoms with E-state index in [0.717, 1.165) is 0 Å². The van der Waals surface area contributed by atoms with Crippen LogP contribution in [0.1, 0.15) is 30.0 Å². The van der Waals surface area contributed by atoms with Gasteiger partial charge in [-0.1, -0.05) is 12.1 Å². The third kappa shape index (κ3) is 2.56. The molecule has 1 atom stereocenters. The van der Waals surface area contributed by atoms with Gasteiger partial charge in [0.2, 0.25) is 0 Å². The first-order valence-corrected chi connectivity index (χ1v) is 6.59. The number of halogens is 2. The normalized spacial score (nSPS) is 19.9. The molecule has 1 heterocycles. The molecule has 112 valence electrons. The zero-order chi connectivity index (χ0) is 14.8. The maximum atomic E-state index is 14.2. The Hall–Kier alpha value is -1.08. The smallest absolute Gasteiger partial charge is 0.164 e. The largest absolute Gasteiger partial charge is 0.381 e. The van der Waals surface area contributed by atoms with Crippen LogP contribution in [0.15, 0.2) is 12.1 Å². The fourth-order valence-electron chi connectivity index (χ4n) is 2.74. The number of methoxy groups -OCH3 is 1. The second kappa shape index (κ2) is 6.13. The summed E-state index contributed by atoms with van der Waals surface area (Å²) in [6.07, 6.45) is 1.13. The minimum absolute atomic E-state index is 0.180. The van der Waals surface area contributed by atoms with E-state index in [9.17, 15) is 8.78 Å². The Balaban J connectivity index is 2.43. The van der Waals surface area contributed by atoms with Crippen molar-refractivity contribution in [2.45, 2.75) is 31.4 Å². The summed E-state index contributed by atoms with van der Waals surface area (Å²) in [5, 5.41) is 0. The Bertz CT molecular complexity index is 476. The van der Waals surface area contributed by atoms with E-state index in [1.165, 1.54) is 6.92 Å². The molecular weight excluding hydrogens is 266 g/mol. The molecule has 4 nitrogen and oxygen atoms in total. The number of benzene rings is 1. The quantitative estimate of drug-likeness (QED) is 0.656. The number of rotatable bonds is 4. The second-order valence-electron chi connectivity index (χ2n) is 5.08. The maximum absolute atomic E-state index is 14.2. The molecule has 0 bridgehead atoms. The summed E-state index contributed by atoms with van der Waals surface area (Å²) in [4.78, 5) is 0. The van der Waals surface area contributed by atoms with E-state index in [2.05, 4.69) is 5.43 Å². The molecule has 0 aliphatic carbocycles. The van der Waals surface area contributed by atoms with Gasteiger partial charge in [0.05, 0.1) is 11.6 Å². The van der Waals surface area contributed by atoms with Crippen molar-refractivity contribution >= 4 is 0 Å². The summed E-state index contributed by atoms with van der Waals surface area (Å²) in [5.41, 5.74) is 2.33. The highest BCUT2D eigenvalue weighted by Gasteiger charge is 2.42. The predicted molar refractivity (Wildman–Crippen MR) is 71.0 cm³/mol. The van der Waals surface area contributed by atoms with Gasteiger partial charge in [0, 0.05) is 38.7 Å². The molecule has 1 aromatic rings. The zero-order valence-electron chi connectivity index (χ0n) is 11.7. The van der Waals surface area contributed by atoms with Crippen LogP contribution in [0.25, 0.3) is 0 Å². The van der Waals surface area contributed by atoms with Crippen LogP contribution in [-0.2, 0) is 9.47 Å². The lowest BCUT2D eigenvalue weighted by Crippen LogP contribution is -2.51. The lowest BCUT2D eigenvalue weighted by atomic mass is 9.82. The molecule has 0 saturated carbocycles. The molecule has 0 radical (unpaired) electrons. The summed E-state index contributed by atoms with van der Waals surface area (Å²) < 4.78 is 38.9. The van der Waals surface area contributed by atoms with Gasteiger partial charge in [-0.2, -0.15) is 0 Å². The molecule has 1 unspecified atom stereocenters. The highest BCUT2D eigenvalue weighted by Crippen LogP contribution is 2.38. The van der Waals surface area contributed by atoms with Gasteiger partial charge < -0.3 is 9.47 Å². The van der Waals surface area contributed by atoms with Crippen LogP contribution >= 0.6 is 0 Å². The number of nitrogens with one attached hydrogen (secondary N) is 1. The van der Waals surface area contributed by atoms with Crippen molar-refractivity contribution in [3.05, 3.63) is 34.9 Å². The fourth-order valence-corrected chi connectivity index (χ4v) is 2.74. The average Bonchev–Trinajstić information content (AvgIpc) is 2.49. The molecule has 1 aliphatic rings. The van der Waals surface area contributed by atoms with Gasteiger partial charge in [-0.3, -0.25) is 5.84 Å². The summed E-state index contributed by atoms with van der Waals surface area (Å²) in [6, 6.07) is 2.46. The lowest BCUT2D eigenvalue weighted by molar-refractivity contribution is -0.112. The minimum atomic E-state index is -0.879. The molecular formula is C14H20F2N2O2. The predicted octanol–water partition coefficient (Wildman–Crippen LogP) is 1.97. The van der Waals surface area contributed by atoms with E-state index in [4.69, 9.17) is 15.3 Å². The van der Waals surface area contributed by atoms with E-state index in [1.807, 2.05) is 0 Å². The van der Waals surface area contributed by atoms with Crippen molar-refractivity contribution in [2.24, 2.45) is 5.84 Å². The first kappa shape index (κ1) is 15.3. The van der Waals surface area contributed by atoms with Crippen LogP contribution < -0.4 is 11.3 Å². The van der Waals surface area contributed by atoms with Crippen molar-refractivity contribution in [3.63, 3.8) is 0 Å². The van der Waals surface area contributed by atoms with Crippen LogP contribution in [0.4, 0.5) is 8.78 Å². The van der Waals surface area contributed by atoms with Gasteiger partial charge in [0.25, 0.3) is 0 Å². The van der Waals surface area contributed by atoms with E-state index >= 15 is 0 Å². The summed E-state index contributed by atoms with van der Waals surface area (Å²) in [6.45, 7) is 2.53. The van der Waals surface area contributed by atoms with Crippen molar-refractivity contribution in [2.75, 3.05) is 20.3 Å². The molecule has 6 heteroatoms. The number of hydrogen-bond donors (Lipinski definition) is 2. The van der Waals surface area contributed by atoms with Gasteiger partial charge in [-0.25, -0.2) is 14.2 Å². The Morgan fingerprint density at radius 1 is 1.30 bits per heavy atom. The third-order valence-corrected chi connectivity index (χ3v) is 4.05. The van der Waals surface area contributed by atoms with Crippen LogP contribution in [0, 0.1) is 18.6 Å². The fraction of sp³-hybridized carbons (Fsp3) is 0.571. The highest BCUT2D eigenvalue weighted by molar-refractivity contribution is 5.30. The third-order valence-electron chi connectivity index (χ3n) is 4.05. The molecule has 1 fully saturated rings. The highest BCUT2D eigenvalue weighted by atomic mass is 19.2. The molecule has 1 aliphatic heterocycles. The molecule has 0 aromatic heterocycles. The van der Waals surface area contributed by atoms with E-state index in [1.54, 1.807) is 19.2 Å². The van der Waals surface area contributed by atoms with Gasteiger partial charge in [0.1, 0.15) is 0 Å². The van der Waals surface area contributed by atoms with Crippen LogP contribution in [0.5, 0.6) is 0 Å². The maximum Gasteiger partial charge on any atom is 0.164 e. The second-order valence-corrected chi connectivity index (χ2v) is 5.08. The Labute approximate surface area is 117 Å². The van der Waals surface area contributed by atoms with E-state index in [-0.39, 0.29) is 11.1 Å². The minimum Gasteiger partial charge on any atom is -0.381 e. The van der Waals surface area contributed by atoms with Crippen LogP contribution in [0.3, 0.4) is 0 Å². The number of hydrazine groups is 1. The lowest BCUT2D eigenvalue weighted by Gasteiger charge is -2.42. The first-order valence-electron chi connectivity index (χ1n) is 6.59. The number of nitrogens with two attached hydrogens (primary N) is 1. The Kier molecular flexibility index (Phi) is 4.70. The SMILES string of the molecule is COC1(C(NN)c2ccc(C)c(F)c2F)CCOCC1. The molecule has 1 aromatic carbocycles. The van der Waals surface area contributed by atoms with Gasteiger partial charge in [0.15, 0.2) is 11.6 Å². The van der Waals surface area contributed by atoms with Crippen molar-refractivity contribution < 1.29 is 18.3 Å². The van der Waals surface area contributed by atoms with Crippen LogP contribution in [0.2, 0.25) is 0 Å². The van der Waals surface area contributed by atoms with Crippen molar-refractivity contribution in [1.29, 1.82) is 0 Å². The average molecular weight is 286 g/mol. The van der Waals surface area contributed by atoms with Gasteiger partial charge in [-0.15, -0.1) is 0 Å². The Morgan fingerprint density at radius 2 is 1.95 bits per heavy atom. The Morgan fingerprint density at radius 3 is 2.50 bits per heavy atom. The summed E-state index contributed by atoms with van der Waals surface area (Å²) in [5.74, 6) is 3.87.